The molecule has 7 nitrogen and oxygen atoms in total. The summed E-state index contributed by atoms with van der Waals surface area (Å²) in [5, 5.41) is 24.1. The van der Waals surface area contributed by atoms with Crippen LogP contribution in [0.15, 0.2) is 30.6 Å². The number of rotatable bonds is 6. The van der Waals surface area contributed by atoms with Gasteiger partial charge in [-0.05, 0) is 18.6 Å². The Balaban J connectivity index is 1.90. The number of halogens is 1. The maximum absolute atomic E-state index is 13.1. The van der Waals surface area contributed by atoms with Crippen LogP contribution >= 0.6 is 0 Å². The second kappa shape index (κ2) is 6.31. The highest BCUT2D eigenvalue weighted by Crippen LogP contribution is 2.19. The van der Waals surface area contributed by atoms with Crippen molar-refractivity contribution in [1.29, 1.82) is 0 Å². The van der Waals surface area contributed by atoms with Gasteiger partial charge in [-0.15, -0.1) is 0 Å². The lowest BCUT2D eigenvalue weighted by Gasteiger charge is -2.13. The Hall–Kier alpha value is -2.48. The minimum Gasteiger partial charge on any atom is -0.490 e. The molecule has 1 atom stereocenters. The van der Waals surface area contributed by atoms with Crippen LogP contribution in [-0.4, -0.2) is 32.5 Å². The van der Waals surface area contributed by atoms with E-state index in [2.05, 4.69) is 5.10 Å². The molecule has 2 aromatic rings. The van der Waals surface area contributed by atoms with Crippen molar-refractivity contribution in [1.82, 2.24) is 9.78 Å². The average Bonchev–Trinajstić information content (AvgIpc) is 2.88. The molecule has 0 aliphatic heterocycles. The molecule has 1 aromatic carbocycles. The van der Waals surface area contributed by atoms with E-state index in [0.29, 0.717) is 5.75 Å². The van der Waals surface area contributed by atoms with Crippen LogP contribution in [0.1, 0.15) is 5.56 Å². The van der Waals surface area contributed by atoms with Crippen molar-refractivity contribution in [2.45, 2.75) is 19.6 Å². The molecule has 1 aromatic heterocycles. The predicted molar refractivity (Wildman–Crippen MR) is 71.5 cm³/mol. The van der Waals surface area contributed by atoms with Crippen LogP contribution in [0.4, 0.5) is 10.1 Å². The lowest BCUT2D eigenvalue weighted by molar-refractivity contribution is -0.385. The summed E-state index contributed by atoms with van der Waals surface area (Å²) >= 11 is 0. The number of aromatic nitrogens is 2. The lowest BCUT2D eigenvalue weighted by atomic mass is 10.2. The van der Waals surface area contributed by atoms with Crippen molar-refractivity contribution in [2.24, 2.45) is 0 Å². The minimum absolute atomic E-state index is 0.0439. The third kappa shape index (κ3) is 3.99. The maximum Gasteiger partial charge on any atom is 0.306 e. The normalized spacial score (nSPS) is 12.1. The van der Waals surface area contributed by atoms with Crippen LogP contribution in [0.25, 0.3) is 0 Å². The Kier molecular flexibility index (Phi) is 4.49. The molecule has 0 radical (unpaired) electrons. The van der Waals surface area contributed by atoms with Crippen LogP contribution in [0.3, 0.4) is 0 Å². The first-order valence-corrected chi connectivity index (χ1v) is 6.19. The van der Waals surface area contributed by atoms with E-state index >= 15 is 0 Å². The summed E-state index contributed by atoms with van der Waals surface area (Å²) < 4.78 is 19.7. The van der Waals surface area contributed by atoms with E-state index in [-0.39, 0.29) is 18.8 Å². The van der Waals surface area contributed by atoms with Gasteiger partial charge >= 0.3 is 5.69 Å². The highest BCUT2D eigenvalue weighted by molar-refractivity contribution is 5.32. The van der Waals surface area contributed by atoms with Gasteiger partial charge in [0.15, 0.2) is 0 Å². The van der Waals surface area contributed by atoms with Gasteiger partial charge in [0.1, 0.15) is 36.7 Å². The van der Waals surface area contributed by atoms with Gasteiger partial charge in [-0.2, -0.15) is 5.10 Å². The summed E-state index contributed by atoms with van der Waals surface area (Å²) in [5.41, 5.74) is 0.599. The molecular weight excluding hydrogens is 281 g/mol. The zero-order valence-electron chi connectivity index (χ0n) is 11.3. The third-order valence-electron chi connectivity index (χ3n) is 2.81. The smallest absolute Gasteiger partial charge is 0.306 e. The second-order valence-corrected chi connectivity index (χ2v) is 4.55. The summed E-state index contributed by atoms with van der Waals surface area (Å²) in [7, 11) is 0. The van der Waals surface area contributed by atoms with E-state index in [1.54, 1.807) is 13.0 Å². The molecule has 21 heavy (non-hydrogen) atoms. The van der Waals surface area contributed by atoms with Gasteiger partial charge in [-0.1, -0.05) is 6.07 Å². The molecule has 112 valence electrons. The Morgan fingerprint density at radius 2 is 2.33 bits per heavy atom. The number of nitrogens with zero attached hydrogens (tertiary/aromatic N) is 3. The van der Waals surface area contributed by atoms with Crippen LogP contribution in [0.5, 0.6) is 5.75 Å². The van der Waals surface area contributed by atoms with Gasteiger partial charge < -0.3 is 9.84 Å². The molecule has 0 aliphatic carbocycles. The van der Waals surface area contributed by atoms with E-state index in [1.165, 1.54) is 23.0 Å². The molecule has 0 spiro atoms. The fourth-order valence-electron chi connectivity index (χ4n) is 1.73. The number of nitro groups is 1. The van der Waals surface area contributed by atoms with Crippen molar-refractivity contribution in [2.75, 3.05) is 6.61 Å². The number of hydrogen-bond donors (Lipinski definition) is 1. The van der Waals surface area contributed by atoms with Gasteiger partial charge in [-0.25, -0.2) is 4.39 Å². The largest absolute Gasteiger partial charge is 0.490 e. The number of hydrogen-bond acceptors (Lipinski definition) is 5. The second-order valence-electron chi connectivity index (χ2n) is 4.55. The van der Waals surface area contributed by atoms with Crippen LogP contribution in [-0.2, 0) is 6.54 Å². The van der Waals surface area contributed by atoms with Gasteiger partial charge in [0, 0.05) is 6.07 Å². The zero-order valence-corrected chi connectivity index (χ0v) is 11.3. The van der Waals surface area contributed by atoms with E-state index < -0.39 is 16.8 Å². The Morgan fingerprint density at radius 3 is 3.00 bits per heavy atom. The highest BCUT2D eigenvalue weighted by atomic mass is 19.1. The molecule has 0 unspecified atom stereocenters. The SMILES string of the molecule is Cc1ccc(F)cc1OC[C@@H](O)Cn1cc([N+](=O)[O-])cn1. The monoisotopic (exact) mass is 295 g/mol. The van der Waals surface area contributed by atoms with E-state index in [9.17, 15) is 19.6 Å². The number of aliphatic hydroxyl groups excluding tert-OH is 1. The minimum atomic E-state index is -0.924. The maximum atomic E-state index is 13.1. The summed E-state index contributed by atoms with van der Waals surface area (Å²) in [6.07, 6.45) is 1.40. The first kappa shape index (κ1) is 14.9. The first-order chi connectivity index (χ1) is 9.95. The van der Waals surface area contributed by atoms with Crippen molar-refractivity contribution < 1.29 is 19.2 Å². The third-order valence-corrected chi connectivity index (χ3v) is 2.81. The van der Waals surface area contributed by atoms with Crippen molar-refractivity contribution in [3.8, 4) is 5.75 Å². The Morgan fingerprint density at radius 1 is 1.57 bits per heavy atom. The fraction of sp³-hybridized carbons (Fsp3) is 0.308. The fourth-order valence-corrected chi connectivity index (χ4v) is 1.73. The van der Waals surface area contributed by atoms with E-state index in [0.717, 1.165) is 11.8 Å². The zero-order chi connectivity index (χ0) is 15.4. The molecular formula is C13H14FN3O4. The van der Waals surface area contributed by atoms with Crippen molar-refractivity contribution in [3.63, 3.8) is 0 Å². The molecule has 0 aliphatic rings. The molecule has 0 saturated carbocycles. The highest BCUT2D eigenvalue weighted by Gasteiger charge is 2.13. The molecule has 0 bridgehead atoms. The summed E-state index contributed by atoms with van der Waals surface area (Å²) in [5.74, 6) is -0.0757. The van der Waals surface area contributed by atoms with Crippen LogP contribution in [0, 0.1) is 22.9 Å². The number of ether oxygens (including phenoxy) is 1. The predicted octanol–water partition coefficient (Wildman–Crippen LogP) is 1.68. The van der Waals surface area contributed by atoms with Crippen LogP contribution < -0.4 is 4.74 Å². The topological polar surface area (TPSA) is 90.4 Å². The molecule has 0 fully saturated rings. The molecule has 1 N–H and O–H groups in total. The van der Waals surface area contributed by atoms with Gasteiger partial charge in [0.05, 0.1) is 11.5 Å². The first-order valence-electron chi connectivity index (χ1n) is 6.19. The van der Waals surface area contributed by atoms with Gasteiger partial charge in [0.25, 0.3) is 0 Å². The number of benzene rings is 1. The Bertz CT molecular complexity index is 644. The molecule has 1 heterocycles. The molecule has 2 rings (SSSR count). The standard InChI is InChI=1S/C13H14FN3O4/c1-9-2-3-10(14)4-13(9)21-8-12(18)7-16-6-11(5-15-16)17(19)20/h2-6,12,18H,7-8H2,1H3/t12-/m0/s1. The number of aryl methyl sites for hydroxylation is 1. The quantitative estimate of drug-likeness (QED) is 0.646. The molecule has 8 heteroatoms. The molecule has 0 amide bonds. The lowest BCUT2D eigenvalue weighted by Crippen LogP contribution is -2.24. The van der Waals surface area contributed by atoms with E-state index in [4.69, 9.17) is 4.74 Å². The Labute approximate surface area is 119 Å². The summed E-state index contributed by atoms with van der Waals surface area (Å²) in [6, 6.07) is 4.14. The van der Waals surface area contributed by atoms with Crippen LogP contribution in [0.2, 0.25) is 0 Å². The summed E-state index contributed by atoms with van der Waals surface area (Å²) in [6.45, 7) is 1.73. The molecule has 0 saturated heterocycles. The number of aliphatic hydroxyl groups is 1. The average molecular weight is 295 g/mol. The summed E-state index contributed by atoms with van der Waals surface area (Å²) in [4.78, 5) is 9.94. The van der Waals surface area contributed by atoms with E-state index in [1.807, 2.05) is 0 Å². The van der Waals surface area contributed by atoms with Gasteiger partial charge in [-0.3, -0.25) is 14.8 Å². The van der Waals surface area contributed by atoms with Crippen molar-refractivity contribution in [3.05, 3.63) is 52.1 Å². The van der Waals surface area contributed by atoms with Gasteiger partial charge in [0.2, 0.25) is 0 Å². The van der Waals surface area contributed by atoms with Crippen molar-refractivity contribution >= 4 is 5.69 Å².